The van der Waals surface area contributed by atoms with Gasteiger partial charge >= 0.3 is 5.97 Å². The number of carbonyl (C=O) groups is 1. The summed E-state index contributed by atoms with van der Waals surface area (Å²) < 4.78 is 15.6. The lowest BCUT2D eigenvalue weighted by atomic mass is 10.2. The van der Waals surface area contributed by atoms with Gasteiger partial charge in [-0.15, -0.1) is 0 Å². The third-order valence-corrected chi connectivity index (χ3v) is 2.84. The van der Waals surface area contributed by atoms with Gasteiger partial charge in [0.1, 0.15) is 5.76 Å². The van der Waals surface area contributed by atoms with E-state index in [9.17, 15) is 4.79 Å². The van der Waals surface area contributed by atoms with Crippen LogP contribution in [0.25, 0.3) is 12.2 Å². The van der Waals surface area contributed by atoms with Gasteiger partial charge in [-0.25, -0.2) is 9.78 Å². The van der Waals surface area contributed by atoms with Crippen molar-refractivity contribution in [3.8, 4) is 11.5 Å². The van der Waals surface area contributed by atoms with Gasteiger partial charge in [0.05, 0.1) is 14.2 Å². The van der Waals surface area contributed by atoms with Crippen LogP contribution in [0.5, 0.6) is 11.5 Å². The molecule has 2 rings (SSSR count). The molecule has 110 valence electrons. The van der Waals surface area contributed by atoms with E-state index in [1.54, 1.807) is 45.4 Å². The van der Waals surface area contributed by atoms with Crippen LogP contribution in [0, 0.1) is 6.92 Å². The SMILES string of the molecule is COc1ccc(/C=C/c2nc(C(=O)O)c(C)o2)cc1OC. The van der Waals surface area contributed by atoms with Crippen molar-refractivity contribution < 1.29 is 23.8 Å². The highest BCUT2D eigenvalue weighted by Crippen LogP contribution is 2.28. The van der Waals surface area contributed by atoms with E-state index in [1.165, 1.54) is 0 Å². The van der Waals surface area contributed by atoms with E-state index < -0.39 is 5.97 Å². The van der Waals surface area contributed by atoms with Gasteiger partial charge in [0.2, 0.25) is 5.89 Å². The molecule has 2 aromatic rings. The summed E-state index contributed by atoms with van der Waals surface area (Å²) in [4.78, 5) is 14.8. The van der Waals surface area contributed by atoms with Crippen molar-refractivity contribution in [3.63, 3.8) is 0 Å². The van der Waals surface area contributed by atoms with Gasteiger partial charge in [-0.1, -0.05) is 6.07 Å². The Bertz CT molecular complexity index is 687. The van der Waals surface area contributed by atoms with Crippen molar-refractivity contribution in [2.45, 2.75) is 6.92 Å². The second-order valence-corrected chi connectivity index (χ2v) is 4.21. The number of carboxylic acids is 1. The molecule has 1 N–H and O–H groups in total. The molecule has 1 heterocycles. The first-order chi connectivity index (χ1) is 10.0. The third kappa shape index (κ3) is 3.22. The maximum absolute atomic E-state index is 10.9. The van der Waals surface area contributed by atoms with E-state index in [2.05, 4.69) is 4.98 Å². The molecule has 0 spiro atoms. The van der Waals surface area contributed by atoms with E-state index >= 15 is 0 Å². The van der Waals surface area contributed by atoms with Gasteiger partial charge in [-0.3, -0.25) is 0 Å². The molecular weight excluding hydrogens is 274 g/mol. The van der Waals surface area contributed by atoms with Crippen LogP contribution < -0.4 is 9.47 Å². The van der Waals surface area contributed by atoms with E-state index in [4.69, 9.17) is 19.0 Å². The van der Waals surface area contributed by atoms with Crippen LogP contribution in [0.3, 0.4) is 0 Å². The number of rotatable bonds is 5. The molecular formula is C15H15NO5. The number of ether oxygens (including phenoxy) is 2. The molecule has 1 aromatic carbocycles. The number of aryl methyl sites for hydroxylation is 1. The monoisotopic (exact) mass is 289 g/mol. The summed E-state index contributed by atoms with van der Waals surface area (Å²) in [5.41, 5.74) is 0.766. The topological polar surface area (TPSA) is 81.8 Å². The first-order valence-electron chi connectivity index (χ1n) is 6.16. The van der Waals surface area contributed by atoms with Crippen molar-refractivity contribution in [1.82, 2.24) is 4.98 Å². The Morgan fingerprint density at radius 3 is 2.52 bits per heavy atom. The first-order valence-corrected chi connectivity index (χ1v) is 6.16. The molecule has 0 aliphatic carbocycles. The van der Waals surface area contributed by atoms with Crippen molar-refractivity contribution in [3.05, 3.63) is 41.1 Å². The zero-order valence-electron chi connectivity index (χ0n) is 11.9. The Morgan fingerprint density at radius 2 is 1.95 bits per heavy atom. The minimum Gasteiger partial charge on any atom is -0.493 e. The number of carboxylic acid groups (broad SMARTS) is 1. The van der Waals surface area contributed by atoms with Crippen LogP contribution in [0.4, 0.5) is 0 Å². The molecule has 0 amide bonds. The van der Waals surface area contributed by atoms with Gasteiger partial charge < -0.3 is 19.0 Å². The molecule has 0 atom stereocenters. The number of aromatic nitrogens is 1. The summed E-state index contributed by atoms with van der Waals surface area (Å²) in [6, 6.07) is 5.41. The Labute approximate surface area is 121 Å². The smallest absolute Gasteiger partial charge is 0.358 e. The molecule has 0 fully saturated rings. The van der Waals surface area contributed by atoms with Crippen LogP contribution in [-0.4, -0.2) is 30.3 Å². The molecule has 0 unspecified atom stereocenters. The average molecular weight is 289 g/mol. The van der Waals surface area contributed by atoms with Gasteiger partial charge in [0, 0.05) is 6.08 Å². The summed E-state index contributed by atoms with van der Waals surface area (Å²) in [7, 11) is 3.12. The summed E-state index contributed by atoms with van der Waals surface area (Å²) in [5, 5.41) is 8.91. The molecule has 6 heteroatoms. The second-order valence-electron chi connectivity index (χ2n) is 4.21. The summed E-state index contributed by atoms with van der Waals surface area (Å²) in [5.74, 6) is 0.639. The summed E-state index contributed by atoms with van der Waals surface area (Å²) in [6.07, 6.45) is 3.35. The fraction of sp³-hybridized carbons (Fsp3) is 0.200. The van der Waals surface area contributed by atoms with Gasteiger partial charge in [-0.05, 0) is 30.7 Å². The third-order valence-electron chi connectivity index (χ3n) is 2.84. The van der Waals surface area contributed by atoms with E-state index in [0.29, 0.717) is 11.5 Å². The molecule has 0 radical (unpaired) electrons. The standard InChI is InChI=1S/C15H15NO5/c1-9-14(15(17)18)16-13(21-9)7-5-10-4-6-11(19-2)12(8-10)20-3/h4-8H,1-3H3,(H,17,18)/b7-5+. The van der Waals surface area contributed by atoms with Crippen LogP contribution >= 0.6 is 0 Å². The molecule has 1 aromatic heterocycles. The average Bonchev–Trinajstić information content (AvgIpc) is 2.86. The lowest BCUT2D eigenvalue weighted by Crippen LogP contribution is -1.98. The number of benzene rings is 1. The van der Waals surface area contributed by atoms with Crippen LogP contribution in [0.1, 0.15) is 27.7 Å². The molecule has 0 bridgehead atoms. The highest BCUT2D eigenvalue weighted by Gasteiger charge is 2.14. The molecule has 0 saturated carbocycles. The Hall–Kier alpha value is -2.76. The first kappa shape index (κ1) is 14.6. The lowest BCUT2D eigenvalue weighted by molar-refractivity contribution is 0.0689. The van der Waals surface area contributed by atoms with Gasteiger partial charge in [-0.2, -0.15) is 0 Å². The Balaban J connectivity index is 2.25. The van der Waals surface area contributed by atoms with Crippen LogP contribution in [0.15, 0.2) is 22.6 Å². The van der Waals surface area contributed by atoms with Crippen molar-refractivity contribution in [2.24, 2.45) is 0 Å². The summed E-state index contributed by atoms with van der Waals surface area (Å²) in [6.45, 7) is 1.56. The fourth-order valence-electron chi connectivity index (χ4n) is 1.81. The predicted molar refractivity (Wildman–Crippen MR) is 76.7 cm³/mol. The van der Waals surface area contributed by atoms with Gasteiger partial charge in [0.25, 0.3) is 0 Å². The zero-order valence-corrected chi connectivity index (χ0v) is 11.9. The van der Waals surface area contributed by atoms with E-state index in [1.807, 2.05) is 6.07 Å². The Morgan fingerprint density at radius 1 is 1.24 bits per heavy atom. The highest BCUT2D eigenvalue weighted by molar-refractivity contribution is 5.86. The van der Waals surface area contributed by atoms with Crippen molar-refractivity contribution >= 4 is 18.1 Å². The number of hydrogen-bond donors (Lipinski definition) is 1. The van der Waals surface area contributed by atoms with Crippen molar-refractivity contribution in [2.75, 3.05) is 14.2 Å². The van der Waals surface area contributed by atoms with Crippen molar-refractivity contribution in [1.29, 1.82) is 0 Å². The molecule has 6 nitrogen and oxygen atoms in total. The zero-order chi connectivity index (χ0) is 15.4. The normalized spacial score (nSPS) is 10.8. The minimum absolute atomic E-state index is 0.0815. The van der Waals surface area contributed by atoms with Gasteiger partial charge in [0.15, 0.2) is 17.2 Å². The maximum atomic E-state index is 10.9. The number of oxazole rings is 1. The van der Waals surface area contributed by atoms with Crippen LogP contribution in [-0.2, 0) is 0 Å². The lowest BCUT2D eigenvalue weighted by Gasteiger charge is -2.07. The number of methoxy groups -OCH3 is 2. The molecule has 0 aliphatic heterocycles. The minimum atomic E-state index is -1.11. The van der Waals surface area contributed by atoms with E-state index in [0.717, 1.165) is 5.56 Å². The predicted octanol–water partition coefficient (Wildman–Crippen LogP) is 2.87. The Kier molecular flexibility index (Phi) is 4.27. The number of nitrogens with zero attached hydrogens (tertiary/aromatic N) is 1. The largest absolute Gasteiger partial charge is 0.493 e. The second kappa shape index (κ2) is 6.13. The highest BCUT2D eigenvalue weighted by atomic mass is 16.5. The maximum Gasteiger partial charge on any atom is 0.358 e. The van der Waals surface area contributed by atoms with E-state index in [-0.39, 0.29) is 17.3 Å². The molecule has 0 saturated heterocycles. The van der Waals surface area contributed by atoms with Crippen LogP contribution in [0.2, 0.25) is 0 Å². The quantitative estimate of drug-likeness (QED) is 0.911. The fourth-order valence-corrected chi connectivity index (χ4v) is 1.81. The molecule has 21 heavy (non-hydrogen) atoms. The number of hydrogen-bond acceptors (Lipinski definition) is 5. The summed E-state index contributed by atoms with van der Waals surface area (Å²) >= 11 is 0. The molecule has 0 aliphatic rings. The number of aromatic carboxylic acids is 1.